The molecule has 39 heavy (non-hydrogen) atoms. The van der Waals surface area contributed by atoms with Crippen molar-refractivity contribution >= 4 is 29.1 Å². The number of anilines is 3. The van der Waals surface area contributed by atoms with Gasteiger partial charge in [0, 0.05) is 23.8 Å². The largest absolute Gasteiger partial charge is 0.487 e. The van der Waals surface area contributed by atoms with Crippen molar-refractivity contribution in [1.29, 1.82) is 0 Å². The Hall–Kier alpha value is -4.93. The molecule has 4 aromatic rings. The van der Waals surface area contributed by atoms with E-state index in [9.17, 15) is 27.9 Å². The molecular formula is C28H23F3N4O4. The number of halogens is 3. The third-order valence-corrected chi connectivity index (χ3v) is 6.18. The fourth-order valence-corrected chi connectivity index (χ4v) is 4.27. The second kappa shape index (κ2) is 10.4. The zero-order chi connectivity index (χ0) is 27.6. The molecule has 1 saturated heterocycles. The predicted octanol–water partition coefficient (Wildman–Crippen LogP) is 6.11. The summed E-state index contributed by atoms with van der Waals surface area (Å²) in [6.45, 7) is 1.12. The van der Waals surface area contributed by atoms with Crippen molar-refractivity contribution in [3.63, 3.8) is 0 Å². The van der Waals surface area contributed by atoms with E-state index in [1.165, 1.54) is 12.1 Å². The summed E-state index contributed by atoms with van der Waals surface area (Å²) in [5, 5.41) is 14.8. The Morgan fingerprint density at radius 1 is 0.846 bits per heavy atom. The minimum Gasteiger partial charge on any atom is -0.487 e. The standard InChI is InChI=1S/C28H23F3N4O4/c29-28(30,31)18-6-8-19(9-7-18)32-27(38)33-20-10-12-21(13-11-20)39-22-16-35(17-22)24-5-3-4-23(26(36)37)25(24)34-14-1-2-15-34/h1-15,22H,16-17H2,(H,36,37)(H2,32,33,38). The van der Waals surface area contributed by atoms with E-state index in [4.69, 9.17) is 4.74 Å². The van der Waals surface area contributed by atoms with Crippen LogP contribution in [0.15, 0.2) is 91.3 Å². The SMILES string of the molecule is O=C(Nc1ccc(OC2CN(c3cccc(C(=O)O)c3-n3cccc3)C2)cc1)Nc1ccc(C(F)(F)F)cc1. The summed E-state index contributed by atoms with van der Waals surface area (Å²) in [4.78, 5) is 26.1. The summed E-state index contributed by atoms with van der Waals surface area (Å²) in [6.07, 6.45) is -0.950. The highest BCUT2D eigenvalue weighted by Gasteiger charge is 2.32. The van der Waals surface area contributed by atoms with Crippen LogP contribution in [0.5, 0.6) is 5.75 Å². The number of aromatic carboxylic acids is 1. The molecule has 0 bridgehead atoms. The summed E-state index contributed by atoms with van der Waals surface area (Å²) in [5.74, 6) is -0.408. The Bertz CT molecular complexity index is 1460. The number of carboxylic acid groups (broad SMARTS) is 1. The van der Waals surface area contributed by atoms with Crippen LogP contribution >= 0.6 is 0 Å². The highest BCUT2D eigenvalue weighted by Crippen LogP contribution is 2.33. The van der Waals surface area contributed by atoms with Crippen molar-refractivity contribution in [3.8, 4) is 11.4 Å². The van der Waals surface area contributed by atoms with Crippen LogP contribution < -0.4 is 20.3 Å². The lowest BCUT2D eigenvalue weighted by Crippen LogP contribution is -2.54. The van der Waals surface area contributed by atoms with Gasteiger partial charge in [0.15, 0.2) is 0 Å². The second-order valence-electron chi connectivity index (χ2n) is 8.89. The molecule has 11 heteroatoms. The first-order valence-electron chi connectivity index (χ1n) is 11.9. The number of hydrogen-bond donors (Lipinski definition) is 3. The van der Waals surface area contributed by atoms with Crippen LogP contribution in [0.3, 0.4) is 0 Å². The molecule has 2 amide bonds. The zero-order valence-electron chi connectivity index (χ0n) is 20.4. The Balaban J connectivity index is 1.16. The molecule has 2 heterocycles. The molecule has 0 radical (unpaired) electrons. The van der Waals surface area contributed by atoms with Crippen molar-refractivity contribution in [2.75, 3.05) is 28.6 Å². The third-order valence-electron chi connectivity index (χ3n) is 6.18. The summed E-state index contributed by atoms with van der Waals surface area (Å²) < 4.78 is 45.8. The average Bonchev–Trinajstić information content (AvgIpc) is 3.41. The molecule has 0 spiro atoms. The fourth-order valence-electron chi connectivity index (χ4n) is 4.27. The number of para-hydroxylation sites is 1. The van der Waals surface area contributed by atoms with Crippen LogP contribution in [-0.2, 0) is 6.18 Å². The van der Waals surface area contributed by atoms with Gasteiger partial charge in [0.25, 0.3) is 0 Å². The molecule has 0 aliphatic carbocycles. The molecule has 8 nitrogen and oxygen atoms in total. The smallest absolute Gasteiger partial charge is 0.416 e. The monoisotopic (exact) mass is 536 g/mol. The number of aromatic nitrogens is 1. The molecule has 1 aliphatic heterocycles. The van der Waals surface area contributed by atoms with E-state index in [1.54, 1.807) is 53.4 Å². The normalized spacial score (nSPS) is 13.5. The van der Waals surface area contributed by atoms with Gasteiger partial charge in [-0.25, -0.2) is 9.59 Å². The highest BCUT2D eigenvalue weighted by molar-refractivity contribution is 5.99. The minimum absolute atomic E-state index is 0.113. The van der Waals surface area contributed by atoms with Crippen molar-refractivity contribution in [3.05, 3.63) is 102 Å². The van der Waals surface area contributed by atoms with Crippen LogP contribution in [0, 0.1) is 0 Å². The Labute approximate surface area is 221 Å². The first kappa shape index (κ1) is 25.7. The molecule has 0 unspecified atom stereocenters. The molecule has 0 atom stereocenters. The summed E-state index contributed by atoms with van der Waals surface area (Å²) in [5.41, 5.74) is 1.50. The maximum atomic E-state index is 12.7. The van der Waals surface area contributed by atoms with Gasteiger partial charge in [-0.05, 0) is 72.8 Å². The number of hydrogen-bond acceptors (Lipinski definition) is 4. The quantitative estimate of drug-likeness (QED) is 0.265. The molecule has 1 aromatic heterocycles. The minimum atomic E-state index is -4.44. The Morgan fingerprint density at radius 2 is 1.44 bits per heavy atom. The summed E-state index contributed by atoms with van der Waals surface area (Å²) >= 11 is 0. The second-order valence-corrected chi connectivity index (χ2v) is 8.89. The van der Waals surface area contributed by atoms with Gasteiger partial charge in [-0.15, -0.1) is 0 Å². The summed E-state index contributed by atoms with van der Waals surface area (Å²) in [7, 11) is 0. The summed E-state index contributed by atoms with van der Waals surface area (Å²) in [6, 6.07) is 19.1. The maximum Gasteiger partial charge on any atom is 0.416 e. The van der Waals surface area contributed by atoms with E-state index in [0.717, 1.165) is 17.8 Å². The number of nitrogens with zero attached hydrogens (tertiary/aromatic N) is 2. The third kappa shape index (κ3) is 5.82. The van der Waals surface area contributed by atoms with E-state index >= 15 is 0 Å². The molecular weight excluding hydrogens is 513 g/mol. The topological polar surface area (TPSA) is 95.8 Å². The number of carboxylic acids is 1. The molecule has 0 saturated carbocycles. The van der Waals surface area contributed by atoms with E-state index < -0.39 is 23.7 Å². The van der Waals surface area contributed by atoms with Crippen molar-refractivity contribution in [2.24, 2.45) is 0 Å². The maximum absolute atomic E-state index is 12.7. The van der Waals surface area contributed by atoms with Gasteiger partial charge in [0.1, 0.15) is 11.9 Å². The van der Waals surface area contributed by atoms with E-state index in [1.807, 2.05) is 23.1 Å². The number of benzene rings is 3. The molecule has 200 valence electrons. The lowest BCUT2D eigenvalue weighted by molar-refractivity contribution is -0.137. The number of urea groups is 1. The predicted molar refractivity (Wildman–Crippen MR) is 140 cm³/mol. The number of amides is 2. The van der Waals surface area contributed by atoms with Crippen LogP contribution in [0.2, 0.25) is 0 Å². The van der Waals surface area contributed by atoms with Crippen molar-refractivity contribution < 1.29 is 32.6 Å². The van der Waals surface area contributed by atoms with Crippen molar-refractivity contribution in [2.45, 2.75) is 12.3 Å². The molecule has 3 N–H and O–H groups in total. The highest BCUT2D eigenvalue weighted by atomic mass is 19.4. The number of ether oxygens (including phenoxy) is 1. The van der Waals surface area contributed by atoms with E-state index in [-0.39, 0.29) is 17.4 Å². The van der Waals surface area contributed by atoms with E-state index in [0.29, 0.717) is 30.2 Å². The number of alkyl halides is 3. The average molecular weight is 537 g/mol. The van der Waals surface area contributed by atoms with Gasteiger partial charge < -0.3 is 29.9 Å². The van der Waals surface area contributed by atoms with E-state index in [2.05, 4.69) is 10.6 Å². The number of carbonyl (C=O) groups is 2. The van der Waals surface area contributed by atoms with Crippen LogP contribution in [0.25, 0.3) is 5.69 Å². The van der Waals surface area contributed by atoms with Crippen molar-refractivity contribution in [1.82, 2.24) is 4.57 Å². The molecule has 1 fully saturated rings. The first-order chi connectivity index (χ1) is 18.7. The Morgan fingerprint density at radius 3 is 2.00 bits per heavy atom. The zero-order valence-corrected chi connectivity index (χ0v) is 20.4. The number of carbonyl (C=O) groups excluding carboxylic acids is 1. The van der Waals surface area contributed by atoms with Gasteiger partial charge in [-0.1, -0.05) is 6.07 Å². The fraction of sp³-hybridized carbons (Fsp3) is 0.143. The van der Waals surface area contributed by atoms with Gasteiger partial charge in [-0.3, -0.25) is 0 Å². The van der Waals surface area contributed by atoms with Crippen LogP contribution in [0.1, 0.15) is 15.9 Å². The first-order valence-corrected chi connectivity index (χ1v) is 11.9. The lowest BCUT2D eigenvalue weighted by Gasteiger charge is -2.41. The molecule has 1 aliphatic rings. The number of rotatable bonds is 7. The Kier molecular flexibility index (Phi) is 6.88. The molecule has 5 rings (SSSR count). The lowest BCUT2D eigenvalue weighted by atomic mass is 10.1. The number of nitrogens with one attached hydrogen (secondary N) is 2. The van der Waals surface area contributed by atoms with Gasteiger partial charge in [0.2, 0.25) is 0 Å². The van der Waals surface area contributed by atoms with Crippen LogP contribution in [-0.4, -0.2) is 40.9 Å². The van der Waals surface area contributed by atoms with Crippen LogP contribution in [0.4, 0.5) is 35.0 Å². The molecule has 3 aromatic carbocycles. The van der Waals surface area contributed by atoms with Gasteiger partial charge >= 0.3 is 18.2 Å². The van der Waals surface area contributed by atoms with Gasteiger partial charge in [0.05, 0.1) is 35.6 Å². The van der Waals surface area contributed by atoms with Gasteiger partial charge in [-0.2, -0.15) is 13.2 Å².